The average molecular weight is 363 g/mol. The molecule has 1 aromatic rings. The Morgan fingerprint density at radius 3 is 2.32 bits per heavy atom. The fourth-order valence-electron chi connectivity index (χ4n) is 4.29. The molecular weight excluding hydrogens is 324 g/mol. The number of methoxy groups -OCH3 is 1. The van der Waals surface area contributed by atoms with E-state index >= 15 is 0 Å². The summed E-state index contributed by atoms with van der Waals surface area (Å²) in [5.74, 6) is 1.87. The zero-order valence-corrected chi connectivity index (χ0v) is 17.9. The maximum absolute atomic E-state index is 10.9. The van der Waals surface area contributed by atoms with Crippen molar-refractivity contribution in [1.29, 1.82) is 0 Å². The van der Waals surface area contributed by atoms with Gasteiger partial charge in [-0.2, -0.15) is 0 Å². The molecule has 0 heterocycles. The van der Waals surface area contributed by atoms with E-state index in [1.54, 1.807) is 7.11 Å². The Bertz CT molecular complexity index is 531. The maximum Gasteiger partial charge on any atom is 0.125 e. The highest BCUT2D eigenvalue weighted by atomic mass is 28.3. The quantitative estimate of drug-likeness (QED) is 0.332. The lowest BCUT2D eigenvalue weighted by molar-refractivity contribution is 0.389. The second-order valence-electron chi connectivity index (χ2n) is 8.49. The zero-order valence-electron chi connectivity index (χ0n) is 16.9. The molecule has 2 nitrogen and oxygen atoms in total. The van der Waals surface area contributed by atoms with Crippen LogP contribution in [0.5, 0.6) is 11.5 Å². The second kappa shape index (κ2) is 9.66. The fraction of sp³-hybridized carbons (Fsp3) is 0.727. The first kappa shape index (κ1) is 20.4. The van der Waals surface area contributed by atoms with Gasteiger partial charge in [-0.05, 0) is 30.9 Å². The summed E-state index contributed by atoms with van der Waals surface area (Å²) < 4.78 is 5.76. The van der Waals surface area contributed by atoms with E-state index in [-0.39, 0.29) is 0 Å². The first-order chi connectivity index (χ1) is 12.0. The van der Waals surface area contributed by atoms with Crippen LogP contribution in [0.4, 0.5) is 0 Å². The standard InChI is InChI=1S/C22H38O2Si/c1-5-6-7-12-15-25(3,4)19-16-20(23)22(21(17-19)24-2)18-13-10-8-9-11-14-18/h16-18,23H,5-15H2,1-4H3. The van der Waals surface area contributed by atoms with Gasteiger partial charge in [0.1, 0.15) is 11.5 Å². The Hall–Kier alpha value is -0.963. The van der Waals surface area contributed by atoms with E-state index in [1.165, 1.54) is 75.4 Å². The summed E-state index contributed by atoms with van der Waals surface area (Å²) in [6.07, 6.45) is 12.8. The normalized spacial score (nSPS) is 16.6. The van der Waals surface area contributed by atoms with E-state index in [9.17, 15) is 5.11 Å². The van der Waals surface area contributed by atoms with E-state index < -0.39 is 8.07 Å². The average Bonchev–Trinajstić information content (AvgIpc) is 2.87. The van der Waals surface area contributed by atoms with E-state index in [0.29, 0.717) is 11.7 Å². The molecule has 0 aliphatic heterocycles. The zero-order chi connectivity index (χ0) is 18.3. The molecule has 1 fully saturated rings. The highest BCUT2D eigenvalue weighted by Gasteiger charge is 2.28. The Morgan fingerprint density at radius 2 is 1.72 bits per heavy atom. The third-order valence-electron chi connectivity index (χ3n) is 6.04. The van der Waals surface area contributed by atoms with Crippen LogP contribution in [0.2, 0.25) is 19.1 Å². The molecule has 2 rings (SSSR count). The molecule has 0 aromatic heterocycles. The molecule has 0 unspecified atom stereocenters. The van der Waals surface area contributed by atoms with Crippen molar-refractivity contribution in [3.05, 3.63) is 17.7 Å². The smallest absolute Gasteiger partial charge is 0.125 e. The van der Waals surface area contributed by atoms with Crippen molar-refractivity contribution >= 4 is 13.3 Å². The van der Waals surface area contributed by atoms with Gasteiger partial charge in [0.25, 0.3) is 0 Å². The first-order valence-electron chi connectivity index (χ1n) is 10.4. The molecular formula is C22H38O2Si. The Morgan fingerprint density at radius 1 is 1.04 bits per heavy atom. The number of hydrogen-bond donors (Lipinski definition) is 1. The van der Waals surface area contributed by atoms with Crippen molar-refractivity contribution in [3.8, 4) is 11.5 Å². The topological polar surface area (TPSA) is 29.5 Å². The molecule has 0 amide bonds. The molecule has 0 atom stereocenters. The van der Waals surface area contributed by atoms with Gasteiger partial charge in [0.15, 0.2) is 0 Å². The van der Waals surface area contributed by atoms with E-state index in [4.69, 9.17) is 4.74 Å². The third-order valence-corrected chi connectivity index (χ3v) is 9.50. The van der Waals surface area contributed by atoms with Gasteiger partial charge >= 0.3 is 0 Å². The molecule has 142 valence electrons. The SMILES string of the molecule is CCCCCC[Si](C)(C)c1cc(O)c(C2CCCCCC2)c(OC)c1. The van der Waals surface area contributed by atoms with E-state index in [2.05, 4.69) is 32.2 Å². The van der Waals surface area contributed by atoms with Crippen molar-refractivity contribution < 1.29 is 9.84 Å². The van der Waals surface area contributed by atoms with Crippen LogP contribution in [-0.4, -0.2) is 20.3 Å². The number of unbranched alkanes of at least 4 members (excludes halogenated alkanes) is 3. The van der Waals surface area contributed by atoms with Crippen LogP contribution in [0, 0.1) is 0 Å². The summed E-state index contributed by atoms with van der Waals surface area (Å²) >= 11 is 0. The number of ether oxygens (including phenoxy) is 1. The fourth-order valence-corrected chi connectivity index (χ4v) is 6.76. The number of rotatable bonds is 8. The molecule has 1 saturated carbocycles. The van der Waals surface area contributed by atoms with Crippen LogP contribution in [0.15, 0.2) is 12.1 Å². The van der Waals surface area contributed by atoms with Gasteiger partial charge in [0.2, 0.25) is 0 Å². The molecule has 1 aromatic carbocycles. The summed E-state index contributed by atoms with van der Waals surface area (Å²) in [5, 5.41) is 12.2. The van der Waals surface area contributed by atoms with Crippen molar-refractivity contribution in [2.75, 3.05) is 7.11 Å². The number of benzene rings is 1. The number of aromatic hydroxyl groups is 1. The van der Waals surface area contributed by atoms with E-state index in [0.717, 1.165) is 11.3 Å². The Balaban J connectivity index is 2.22. The molecule has 0 spiro atoms. The molecule has 0 saturated heterocycles. The van der Waals surface area contributed by atoms with Crippen molar-refractivity contribution in [2.24, 2.45) is 0 Å². The minimum absolute atomic E-state index is 0.459. The van der Waals surface area contributed by atoms with Crippen molar-refractivity contribution in [2.45, 2.75) is 96.2 Å². The van der Waals surface area contributed by atoms with Gasteiger partial charge in [0.05, 0.1) is 15.2 Å². The van der Waals surface area contributed by atoms with Gasteiger partial charge in [-0.3, -0.25) is 0 Å². The highest BCUT2D eigenvalue weighted by molar-refractivity contribution is 6.89. The largest absolute Gasteiger partial charge is 0.508 e. The number of phenols is 1. The van der Waals surface area contributed by atoms with Gasteiger partial charge in [-0.1, -0.05) is 82.6 Å². The van der Waals surface area contributed by atoms with Crippen LogP contribution < -0.4 is 9.92 Å². The van der Waals surface area contributed by atoms with Crippen LogP contribution >= 0.6 is 0 Å². The number of phenolic OH excluding ortho intramolecular Hbond substituents is 1. The summed E-state index contributed by atoms with van der Waals surface area (Å²) in [5.41, 5.74) is 1.07. The number of hydrogen-bond acceptors (Lipinski definition) is 2. The van der Waals surface area contributed by atoms with Crippen LogP contribution in [0.25, 0.3) is 0 Å². The minimum atomic E-state index is -1.53. The molecule has 1 aliphatic rings. The van der Waals surface area contributed by atoms with Crippen LogP contribution in [-0.2, 0) is 0 Å². The molecule has 25 heavy (non-hydrogen) atoms. The van der Waals surface area contributed by atoms with Gasteiger partial charge in [-0.15, -0.1) is 0 Å². The lowest BCUT2D eigenvalue weighted by Gasteiger charge is -2.26. The van der Waals surface area contributed by atoms with E-state index in [1.807, 2.05) is 0 Å². The molecule has 1 aliphatic carbocycles. The predicted molar refractivity (Wildman–Crippen MR) is 111 cm³/mol. The third kappa shape index (κ3) is 5.50. The lowest BCUT2D eigenvalue weighted by Crippen LogP contribution is -2.41. The molecule has 0 radical (unpaired) electrons. The Kier molecular flexibility index (Phi) is 7.86. The molecule has 3 heteroatoms. The van der Waals surface area contributed by atoms with Crippen LogP contribution in [0.3, 0.4) is 0 Å². The Labute approximate surface area is 156 Å². The van der Waals surface area contributed by atoms with Gasteiger partial charge in [-0.25, -0.2) is 0 Å². The molecule has 1 N–H and O–H groups in total. The van der Waals surface area contributed by atoms with Gasteiger partial charge < -0.3 is 9.84 Å². The first-order valence-corrected chi connectivity index (χ1v) is 13.6. The second-order valence-corrected chi connectivity index (χ2v) is 13.3. The monoisotopic (exact) mass is 362 g/mol. The van der Waals surface area contributed by atoms with Crippen LogP contribution in [0.1, 0.15) is 82.6 Å². The lowest BCUT2D eigenvalue weighted by atomic mass is 9.90. The summed E-state index contributed by atoms with van der Waals surface area (Å²) in [4.78, 5) is 0. The van der Waals surface area contributed by atoms with Gasteiger partial charge in [0, 0.05) is 5.56 Å². The van der Waals surface area contributed by atoms with Crippen molar-refractivity contribution in [1.82, 2.24) is 0 Å². The maximum atomic E-state index is 10.9. The summed E-state index contributed by atoms with van der Waals surface area (Å²) in [6, 6.07) is 5.62. The predicted octanol–water partition coefficient (Wildman–Crippen LogP) is 6.33. The summed E-state index contributed by atoms with van der Waals surface area (Å²) in [6.45, 7) is 7.12. The minimum Gasteiger partial charge on any atom is -0.508 e. The molecule has 0 bridgehead atoms. The highest BCUT2D eigenvalue weighted by Crippen LogP contribution is 2.41. The summed E-state index contributed by atoms with van der Waals surface area (Å²) in [7, 11) is 0.228. The van der Waals surface area contributed by atoms with Crippen molar-refractivity contribution in [3.63, 3.8) is 0 Å².